The number of hydrogen-bond donors (Lipinski definition) is 0. The molecule has 5 heteroatoms. The normalized spacial score (nSPS) is 18.6. The Kier molecular flexibility index (Phi) is 5.28. The minimum Gasteiger partial charge on any atom is -0.369 e. The zero-order valence-electron chi connectivity index (χ0n) is 15.6. The molecule has 0 radical (unpaired) electrons. The molecular formula is C22H26FN3O. The van der Waals surface area contributed by atoms with Crippen LogP contribution in [0.5, 0.6) is 0 Å². The number of halogens is 1. The summed E-state index contributed by atoms with van der Waals surface area (Å²) in [5.74, 6) is 0.159. The van der Waals surface area contributed by atoms with Crippen molar-refractivity contribution in [2.45, 2.75) is 12.8 Å². The van der Waals surface area contributed by atoms with E-state index in [2.05, 4.69) is 34.1 Å². The number of piperazine rings is 1. The summed E-state index contributed by atoms with van der Waals surface area (Å²) in [6.45, 7) is 4.79. The van der Waals surface area contributed by atoms with Gasteiger partial charge in [-0.05, 0) is 37.1 Å². The number of hydrogen-bond acceptors (Lipinski definition) is 3. The van der Waals surface area contributed by atoms with Crippen LogP contribution in [0.2, 0.25) is 0 Å². The van der Waals surface area contributed by atoms with Crippen LogP contribution in [0, 0.1) is 11.7 Å². The molecule has 27 heavy (non-hydrogen) atoms. The molecule has 0 unspecified atom stereocenters. The van der Waals surface area contributed by atoms with Crippen molar-refractivity contribution in [2.24, 2.45) is 5.92 Å². The van der Waals surface area contributed by atoms with Crippen molar-refractivity contribution in [1.82, 2.24) is 4.90 Å². The van der Waals surface area contributed by atoms with Gasteiger partial charge in [0.2, 0.25) is 5.91 Å². The standard InChI is InChI=1S/C22H26FN3O/c23-20-8-4-5-9-21(20)25-12-10-18(11-13-25)22(27)26-16-14-24(15-17-26)19-6-2-1-3-7-19/h1-9,18H,10-17H2. The first-order valence-corrected chi connectivity index (χ1v) is 9.80. The number of benzene rings is 2. The highest BCUT2D eigenvalue weighted by Gasteiger charge is 2.31. The number of carbonyl (C=O) groups excluding carboxylic acids is 1. The van der Waals surface area contributed by atoms with Gasteiger partial charge >= 0.3 is 0 Å². The number of anilines is 2. The van der Waals surface area contributed by atoms with Crippen LogP contribution in [0.25, 0.3) is 0 Å². The Morgan fingerprint density at radius 2 is 1.41 bits per heavy atom. The SMILES string of the molecule is O=C(C1CCN(c2ccccc2F)CC1)N1CCN(c2ccccc2)CC1. The van der Waals surface area contributed by atoms with Gasteiger partial charge in [0, 0.05) is 50.9 Å². The zero-order valence-corrected chi connectivity index (χ0v) is 15.6. The number of amides is 1. The monoisotopic (exact) mass is 367 g/mol. The Bertz CT molecular complexity index is 766. The van der Waals surface area contributed by atoms with Gasteiger partial charge in [-0.2, -0.15) is 0 Å². The predicted octanol–water partition coefficient (Wildman–Crippen LogP) is 3.39. The molecule has 0 N–H and O–H groups in total. The van der Waals surface area contributed by atoms with E-state index >= 15 is 0 Å². The summed E-state index contributed by atoms with van der Waals surface area (Å²) in [5, 5.41) is 0. The van der Waals surface area contributed by atoms with Gasteiger partial charge in [0.05, 0.1) is 5.69 Å². The summed E-state index contributed by atoms with van der Waals surface area (Å²) < 4.78 is 14.0. The third-order valence-corrected chi connectivity index (χ3v) is 5.75. The van der Waals surface area contributed by atoms with Crippen molar-refractivity contribution in [1.29, 1.82) is 0 Å². The number of rotatable bonds is 3. The molecule has 2 aliphatic heterocycles. The van der Waals surface area contributed by atoms with Crippen LogP contribution in [0.3, 0.4) is 0 Å². The van der Waals surface area contributed by atoms with E-state index in [-0.39, 0.29) is 17.6 Å². The summed E-state index contributed by atoms with van der Waals surface area (Å²) in [6, 6.07) is 17.3. The van der Waals surface area contributed by atoms with E-state index in [1.54, 1.807) is 6.07 Å². The molecule has 2 aromatic carbocycles. The fraction of sp³-hybridized carbons (Fsp3) is 0.409. The van der Waals surface area contributed by atoms with E-state index in [9.17, 15) is 9.18 Å². The lowest BCUT2D eigenvalue weighted by molar-refractivity contribution is -0.136. The molecule has 4 nitrogen and oxygen atoms in total. The Hall–Kier alpha value is -2.56. The van der Waals surface area contributed by atoms with E-state index < -0.39 is 0 Å². The zero-order chi connectivity index (χ0) is 18.6. The molecule has 0 atom stereocenters. The van der Waals surface area contributed by atoms with Crippen molar-refractivity contribution < 1.29 is 9.18 Å². The molecule has 0 aromatic heterocycles. The lowest BCUT2D eigenvalue weighted by Crippen LogP contribution is -2.51. The highest BCUT2D eigenvalue weighted by atomic mass is 19.1. The van der Waals surface area contributed by atoms with E-state index in [1.807, 2.05) is 23.1 Å². The van der Waals surface area contributed by atoms with Gasteiger partial charge in [0.15, 0.2) is 0 Å². The van der Waals surface area contributed by atoms with E-state index in [4.69, 9.17) is 0 Å². The molecule has 0 saturated carbocycles. The second-order valence-corrected chi connectivity index (χ2v) is 7.36. The van der Waals surface area contributed by atoms with Crippen LogP contribution in [0.15, 0.2) is 54.6 Å². The summed E-state index contributed by atoms with van der Waals surface area (Å²) >= 11 is 0. The molecule has 2 aliphatic rings. The van der Waals surface area contributed by atoms with Crippen molar-refractivity contribution in [3.8, 4) is 0 Å². The van der Waals surface area contributed by atoms with Gasteiger partial charge < -0.3 is 14.7 Å². The van der Waals surface area contributed by atoms with Crippen molar-refractivity contribution >= 4 is 17.3 Å². The van der Waals surface area contributed by atoms with Crippen LogP contribution in [0.1, 0.15) is 12.8 Å². The van der Waals surface area contributed by atoms with Crippen LogP contribution in [0.4, 0.5) is 15.8 Å². The topological polar surface area (TPSA) is 26.8 Å². The van der Waals surface area contributed by atoms with E-state index in [1.165, 1.54) is 11.8 Å². The lowest BCUT2D eigenvalue weighted by Gasteiger charge is -2.39. The number of piperidine rings is 1. The molecule has 1 amide bonds. The van der Waals surface area contributed by atoms with Gasteiger partial charge in [-0.15, -0.1) is 0 Å². The minimum absolute atomic E-state index is 0.0660. The molecule has 0 aliphatic carbocycles. The first-order chi connectivity index (χ1) is 13.2. The molecule has 142 valence electrons. The van der Waals surface area contributed by atoms with Crippen LogP contribution >= 0.6 is 0 Å². The van der Waals surface area contributed by atoms with Crippen molar-refractivity contribution in [3.05, 3.63) is 60.4 Å². The summed E-state index contributed by atoms with van der Waals surface area (Å²) in [5.41, 5.74) is 1.88. The highest BCUT2D eigenvalue weighted by Crippen LogP contribution is 2.27. The molecule has 2 aromatic rings. The second kappa shape index (κ2) is 7.99. The molecule has 0 bridgehead atoms. The minimum atomic E-state index is -0.181. The van der Waals surface area contributed by atoms with Gasteiger partial charge in [-0.1, -0.05) is 30.3 Å². The molecular weight excluding hydrogens is 341 g/mol. The Labute approximate surface area is 160 Å². The number of carbonyl (C=O) groups is 1. The quantitative estimate of drug-likeness (QED) is 0.832. The molecule has 2 fully saturated rings. The molecule has 2 heterocycles. The molecule has 4 rings (SSSR count). The van der Waals surface area contributed by atoms with E-state index in [0.29, 0.717) is 5.69 Å². The van der Waals surface area contributed by atoms with Crippen LogP contribution in [-0.2, 0) is 4.79 Å². The highest BCUT2D eigenvalue weighted by molar-refractivity contribution is 5.79. The summed E-state index contributed by atoms with van der Waals surface area (Å²) in [4.78, 5) is 19.3. The average molecular weight is 367 g/mol. The first kappa shape index (κ1) is 17.8. The van der Waals surface area contributed by atoms with Crippen molar-refractivity contribution in [2.75, 3.05) is 49.1 Å². The number of para-hydroxylation sites is 2. The first-order valence-electron chi connectivity index (χ1n) is 9.80. The van der Waals surface area contributed by atoms with Crippen LogP contribution < -0.4 is 9.80 Å². The Morgan fingerprint density at radius 3 is 2.07 bits per heavy atom. The largest absolute Gasteiger partial charge is 0.369 e. The maximum Gasteiger partial charge on any atom is 0.225 e. The Morgan fingerprint density at radius 1 is 0.778 bits per heavy atom. The fourth-order valence-electron chi connectivity index (χ4n) is 4.16. The van der Waals surface area contributed by atoms with Gasteiger partial charge in [0.25, 0.3) is 0 Å². The van der Waals surface area contributed by atoms with E-state index in [0.717, 1.165) is 52.1 Å². The second-order valence-electron chi connectivity index (χ2n) is 7.36. The molecule has 0 spiro atoms. The Balaban J connectivity index is 1.29. The maximum atomic E-state index is 14.0. The van der Waals surface area contributed by atoms with Gasteiger partial charge in [-0.25, -0.2) is 4.39 Å². The smallest absolute Gasteiger partial charge is 0.225 e. The summed E-state index contributed by atoms with van der Waals surface area (Å²) in [7, 11) is 0. The molecule has 2 saturated heterocycles. The van der Waals surface area contributed by atoms with Crippen LogP contribution in [-0.4, -0.2) is 50.1 Å². The number of nitrogens with zero attached hydrogens (tertiary/aromatic N) is 3. The maximum absolute atomic E-state index is 14.0. The third-order valence-electron chi connectivity index (χ3n) is 5.75. The lowest BCUT2D eigenvalue weighted by atomic mass is 9.94. The average Bonchev–Trinajstić information content (AvgIpc) is 2.74. The predicted molar refractivity (Wildman–Crippen MR) is 107 cm³/mol. The van der Waals surface area contributed by atoms with Gasteiger partial charge in [-0.3, -0.25) is 4.79 Å². The van der Waals surface area contributed by atoms with Gasteiger partial charge in [0.1, 0.15) is 5.82 Å². The third kappa shape index (κ3) is 3.92. The van der Waals surface area contributed by atoms with Crippen molar-refractivity contribution in [3.63, 3.8) is 0 Å². The summed E-state index contributed by atoms with van der Waals surface area (Å²) in [6.07, 6.45) is 1.60. The fourth-order valence-corrected chi connectivity index (χ4v) is 4.16.